The van der Waals surface area contributed by atoms with Gasteiger partial charge in [-0.05, 0) is 55.2 Å². The first-order valence-electron chi connectivity index (χ1n) is 8.89. The van der Waals surface area contributed by atoms with E-state index >= 15 is 0 Å². The second-order valence-electron chi connectivity index (χ2n) is 6.83. The van der Waals surface area contributed by atoms with Gasteiger partial charge >= 0.3 is 0 Å². The molecule has 5 heteroatoms. The Labute approximate surface area is 161 Å². The molecule has 0 aliphatic rings. The summed E-state index contributed by atoms with van der Waals surface area (Å²) in [5, 5.41) is 0. The highest BCUT2D eigenvalue weighted by Crippen LogP contribution is 2.25. The minimum Gasteiger partial charge on any atom is -0.264 e. The standard InChI is InChI=1S/C22H24N2O2S/c1-17-10-11-22(19(3)13-17)27(25,26)24(15-20-8-6-12-23-14-20)16-21-9-5-4-7-18(21)2/h4-14H,15-16H2,1-3H3. The van der Waals surface area contributed by atoms with Gasteiger partial charge in [-0.3, -0.25) is 4.98 Å². The molecule has 0 unspecified atom stereocenters. The molecule has 0 saturated carbocycles. The third-order valence-corrected chi connectivity index (χ3v) is 6.59. The Morgan fingerprint density at radius 3 is 2.33 bits per heavy atom. The van der Waals surface area contributed by atoms with Gasteiger partial charge in [-0.25, -0.2) is 8.42 Å². The number of aromatic nitrogens is 1. The van der Waals surface area contributed by atoms with Crippen LogP contribution in [0.1, 0.15) is 27.8 Å². The first-order valence-corrected chi connectivity index (χ1v) is 10.3. The lowest BCUT2D eigenvalue weighted by molar-refractivity contribution is 0.399. The second kappa shape index (κ2) is 8.03. The van der Waals surface area contributed by atoms with Crippen LogP contribution < -0.4 is 0 Å². The van der Waals surface area contributed by atoms with Gasteiger partial charge in [-0.15, -0.1) is 0 Å². The Hall–Kier alpha value is -2.50. The third-order valence-electron chi connectivity index (χ3n) is 4.64. The second-order valence-corrected chi connectivity index (χ2v) is 8.74. The highest BCUT2D eigenvalue weighted by Gasteiger charge is 2.27. The summed E-state index contributed by atoms with van der Waals surface area (Å²) >= 11 is 0. The van der Waals surface area contributed by atoms with Crippen LogP contribution in [0, 0.1) is 20.8 Å². The number of nitrogens with zero attached hydrogens (tertiary/aromatic N) is 2. The fourth-order valence-corrected chi connectivity index (χ4v) is 4.74. The Balaban J connectivity index is 2.03. The summed E-state index contributed by atoms with van der Waals surface area (Å²) in [4.78, 5) is 4.48. The predicted molar refractivity (Wildman–Crippen MR) is 108 cm³/mol. The maximum Gasteiger partial charge on any atom is 0.243 e. The van der Waals surface area contributed by atoms with Gasteiger partial charge in [-0.1, -0.05) is 48.0 Å². The Kier molecular flexibility index (Phi) is 5.73. The number of rotatable bonds is 6. The number of benzene rings is 2. The molecular formula is C22H24N2O2S. The predicted octanol–water partition coefficient (Wildman–Crippen LogP) is 4.40. The molecule has 0 spiro atoms. The number of hydrogen-bond acceptors (Lipinski definition) is 3. The minimum atomic E-state index is -3.66. The van der Waals surface area contributed by atoms with Crippen LogP contribution in [-0.2, 0) is 23.1 Å². The molecule has 1 heterocycles. The van der Waals surface area contributed by atoms with Gasteiger partial charge in [0.15, 0.2) is 0 Å². The molecule has 0 amide bonds. The number of sulfonamides is 1. The summed E-state index contributed by atoms with van der Waals surface area (Å²) in [5.74, 6) is 0. The molecule has 0 bridgehead atoms. The lowest BCUT2D eigenvalue weighted by Crippen LogP contribution is -2.31. The quantitative estimate of drug-likeness (QED) is 0.637. The van der Waals surface area contributed by atoms with Gasteiger partial charge in [-0.2, -0.15) is 4.31 Å². The number of hydrogen-bond donors (Lipinski definition) is 0. The molecule has 0 aliphatic carbocycles. The molecule has 3 rings (SSSR count). The molecule has 27 heavy (non-hydrogen) atoms. The zero-order valence-corrected chi connectivity index (χ0v) is 16.7. The van der Waals surface area contributed by atoms with E-state index in [4.69, 9.17) is 0 Å². The van der Waals surface area contributed by atoms with Crippen molar-refractivity contribution in [2.75, 3.05) is 0 Å². The van der Waals surface area contributed by atoms with Crippen molar-refractivity contribution in [3.63, 3.8) is 0 Å². The molecule has 3 aromatic rings. The fraction of sp³-hybridized carbons (Fsp3) is 0.227. The van der Waals surface area contributed by atoms with E-state index < -0.39 is 10.0 Å². The molecular weight excluding hydrogens is 356 g/mol. The van der Waals surface area contributed by atoms with E-state index in [1.165, 1.54) is 4.31 Å². The fourth-order valence-electron chi connectivity index (χ4n) is 3.13. The van der Waals surface area contributed by atoms with Gasteiger partial charge < -0.3 is 0 Å². The van der Waals surface area contributed by atoms with Gasteiger partial charge in [0.2, 0.25) is 10.0 Å². The number of pyridine rings is 1. The van der Waals surface area contributed by atoms with Crippen molar-refractivity contribution >= 4 is 10.0 Å². The van der Waals surface area contributed by atoms with Crippen LogP contribution in [0.2, 0.25) is 0 Å². The maximum atomic E-state index is 13.5. The van der Waals surface area contributed by atoms with E-state index in [0.717, 1.165) is 27.8 Å². The summed E-state index contributed by atoms with van der Waals surface area (Å²) in [5.41, 5.74) is 4.74. The van der Waals surface area contributed by atoms with Crippen LogP contribution >= 0.6 is 0 Å². The van der Waals surface area contributed by atoms with Gasteiger partial charge in [0, 0.05) is 25.5 Å². The molecule has 1 aromatic heterocycles. The summed E-state index contributed by atoms with van der Waals surface area (Å²) in [6.45, 7) is 6.40. The zero-order chi connectivity index (χ0) is 19.4. The van der Waals surface area contributed by atoms with E-state index in [0.29, 0.717) is 11.4 Å². The monoisotopic (exact) mass is 380 g/mol. The van der Waals surface area contributed by atoms with Crippen LogP contribution in [-0.4, -0.2) is 17.7 Å². The van der Waals surface area contributed by atoms with Crippen LogP contribution in [0.25, 0.3) is 0 Å². The molecule has 0 saturated heterocycles. The van der Waals surface area contributed by atoms with Crippen molar-refractivity contribution in [3.8, 4) is 0 Å². The first-order chi connectivity index (χ1) is 12.9. The lowest BCUT2D eigenvalue weighted by atomic mass is 10.1. The molecule has 0 radical (unpaired) electrons. The van der Waals surface area contributed by atoms with Gasteiger partial charge in [0.25, 0.3) is 0 Å². The highest BCUT2D eigenvalue weighted by atomic mass is 32.2. The van der Waals surface area contributed by atoms with E-state index in [-0.39, 0.29) is 6.54 Å². The van der Waals surface area contributed by atoms with Crippen molar-refractivity contribution < 1.29 is 8.42 Å². The van der Waals surface area contributed by atoms with Crippen molar-refractivity contribution in [2.24, 2.45) is 0 Å². The summed E-state index contributed by atoms with van der Waals surface area (Å²) < 4.78 is 28.5. The van der Waals surface area contributed by atoms with Crippen LogP contribution in [0.4, 0.5) is 0 Å². The summed E-state index contributed by atoms with van der Waals surface area (Å²) in [6, 6.07) is 17.1. The smallest absolute Gasteiger partial charge is 0.243 e. The van der Waals surface area contributed by atoms with Crippen molar-refractivity contribution in [1.29, 1.82) is 0 Å². The van der Waals surface area contributed by atoms with Gasteiger partial charge in [0.05, 0.1) is 4.90 Å². The summed E-state index contributed by atoms with van der Waals surface area (Å²) in [6.07, 6.45) is 3.40. The average molecular weight is 381 g/mol. The van der Waals surface area contributed by atoms with E-state index in [2.05, 4.69) is 4.98 Å². The van der Waals surface area contributed by atoms with Crippen molar-refractivity contribution in [2.45, 2.75) is 38.8 Å². The summed E-state index contributed by atoms with van der Waals surface area (Å²) in [7, 11) is -3.66. The minimum absolute atomic E-state index is 0.276. The Morgan fingerprint density at radius 2 is 1.67 bits per heavy atom. The Bertz CT molecular complexity index is 1030. The largest absolute Gasteiger partial charge is 0.264 e. The molecule has 0 fully saturated rings. The molecule has 4 nitrogen and oxygen atoms in total. The van der Waals surface area contributed by atoms with Crippen molar-refractivity contribution in [1.82, 2.24) is 9.29 Å². The molecule has 0 atom stereocenters. The molecule has 0 aliphatic heterocycles. The normalized spacial score (nSPS) is 11.7. The highest BCUT2D eigenvalue weighted by molar-refractivity contribution is 7.89. The maximum absolute atomic E-state index is 13.5. The van der Waals surface area contributed by atoms with Crippen molar-refractivity contribution in [3.05, 3.63) is 94.8 Å². The number of aryl methyl sites for hydroxylation is 3. The molecule has 0 N–H and O–H groups in total. The molecule has 140 valence electrons. The first kappa shape index (κ1) is 19.3. The van der Waals surface area contributed by atoms with Gasteiger partial charge in [0.1, 0.15) is 0 Å². The third kappa shape index (κ3) is 4.43. The van der Waals surface area contributed by atoms with Crippen LogP contribution in [0.15, 0.2) is 71.9 Å². The SMILES string of the molecule is Cc1ccc(S(=O)(=O)N(Cc2cccnc2)Cc2ccccc2C)c(C)c1. The van der Waals surface area contributed by atoms with Crippen LogP contribution in [0.3, 0.4) is 0 Å². The van der Waals surface area contributed by atoms with E-state index in [1.54, 1.807) is 18.5 Å². The van der Waals surface area contributed by atoms with Crippen LogP contribution in [0.5, 0.6) is 0 Å². The average Bonchev–Trinajstić information content (AvgIpc) is 2.63. The van der Waals surface area contributed by atoms with E-state index in [9.17, 15) is 8.42 Å². The lowest BCUT2D eigenvalue weighted by Gasteiger charge is -2.24. The topological polar surface area (TPSA) is 50.3 Å². The Morgan fingerprint density at radius 1 is 0.889 bits per heavy atom. The van der Waals surface area contributed by atoms with E-state index in [1.807, 2.05) is 69.3 Å². The molecule has 2 aromatic carbocycles. The zero-order valence-electron chi connectivity index (χ0n) is 15.9.